The van der Waals surface area contributed by atoms with E-state index < -0.39 is 5.60 Å². The Bertz CT molecular complexity index is 607. The van der Waals surface area contributed by atoms with E-state index in [1.54, 1.807) is 11.3 Å². The first kappa shape index (κ1) is 12.6. The Morgan fingerprint density at radius 1 is 1.58 bits per heavy atom. The Morgan fingerprint density at radius 2 is 2.42 bits per heavy atom. The third kappa shape index (κ3) is 2.49. The average molecular weight is 280 g/mol. The molecule has 1 fully saturated rings. The normalized spacial score (nSPS) is 23.1. The lowest BCUT2D eigenvalue weighted by molar-refractivity contribution is 0.0381. The molecule has 1 aliphatic heterocycles. The van der Waals surface area contributed by atoms with E-state index in [0.717, 1.165) is 15.1 Å². The monoisotopic (exact) mass is 280 g/mol. The maximum Gasteiger partial charge on any atom is 0.223 e. The van der Waals surface area contributed by atoms with Crippen LogP contribution in [0.25, 0.3) is 10.2 Å². The van der Waals surface area contributed by atoms with Crippen LogP contribution in [0, 0.1) is 6.92 Å². The largest absolute Gasteiger partial charge is 0.386 e. The number of aryl methyl sites for hydroxylation is 1. The zero-order valence-corrected chi connectivity index (χ0v) is 11.5. The van der Waals surface area contributed by atoms with Crippen LogP contribution in [0.15, 0.2) is 6.07 Å². The van der Waals surface area contributed by atoms with Gasteiger partial charge in [0.05, 0.1) is 12.0 Å². The van der Waals surface area contributed by atoms with Crippen LogP contribution in [-0.4, -0.2) is 40.4 Å². The number of hydrogen-bond acceptors (Lipinski definition) is 7. The van der Waals surface area contributed by atoms with Crippen molar-refractivity contribution in [2.75, 3.05) is 30.8 Å². The number of anilines is 2. The Balaban J connectivity index is 1.87. The van der Waals surface area contributed by atoms with Gasteiger partial charge in [0.2, 0.25) is 5.95 Å². The van der Waals surface area contributed by atoms with Crippen LogP contribution >= 0.6 is 11.3 Å². The second-order valence-corrected chi connectivity index (χ2v) is 6.12. The van der Waals surface area contributed by atoms with Gasteiger partial charge in [-0.15, -0.1) is 11.3 Å². The average Bonchev–Trinajstić information content (AvgIpc) is 2.92. The molecular weight excluding hydrogens is 264 g/mol. The number of nitrogens with two attached hydrogens (primary N) is 1. The van der Waals surface area contributed by atoms with Crippen LogP contribution in [0.1, 0.15) is 11.3 Å². The van der Waals surface area contributed by atoms with Gasteiger partial charge in [-0.3, -0.25) is 0 Å². The first-order valence-electron chi connectivity index (χ1n) is 6.13. The molecule has 3 heterocycles. The molecule has 0 bridgehead atoms. The summed E-state index contributed by atoms with van der Waals surface area (Å²) in [4.78, 5) is 10.4. The van der Waals surface area contributed by atoms with Crippen molar-refractivity contribution in [3.8, 4) is 0 Å². The smallest absolute Gasteiger partial charge is 0.223 e. The number of aromatic nitrogens is 2. The number of ether oxygens (including phenoxy) is 1. The van der Waals surface area contributed by atoms with Gasteiger partial charge < -0.3 is 20.9 Å². The molecule has 7 heteroatoms. The van der Waals surface area contributed by atoms with Crippen molar-refractivity contribution in [2.24, 2.45) is 0 Å². The molecule has 1 saturated heterocycles. The number of aliphatic hydroxyl groups is 1. The number of thiophene rings is 1. The summed E-state index contributed by atoms with van der Waals surface area (Å²) in [5.41, 5.74) is 4.89. The van der Waals surface area contributed by atoms with Gasteiger partial charge in [-0.05, 0) is 13.0 Å². The van der Waals surface area contributed by atoms with E-state index in [2.05, 4.69) is 15.3 Å². The van der Waals surface area contributed by atoms with Crippen LogP contribution in [0.2, 0.25) is 0 Å². The number of rotatable bonds is 3. The molecule has 0 radical (unpaired) electrons. The van der Waals surface area contributed by atoms with Crippen molar-refractivity contribution in [2.45, 2.75) is 18.9 Å². The molecule has 4 N–H and O–H groups in total. The summed E-state index contributed by atoms with van der Waals surface area (Å²) in [5, 5.41) is 14.4. The van der Waals surface area contributed by atoms with E-state index in [-0.39, 0.29) is 5.95 Å². The summed E-state index contributed by atoms with van der Waals surface area (Å²) < 4.78 is 5.22. The highest BCUT2D eigenvalue weighted by atomic mass is 32.1. The molecule has 102 valence electrons. The molecule has 0 aromatic carbocycles. The lowest BCUT2D eigenvalue weighted by Crippen LogP contribution is -2.37. The Labute approximate surface area is 114 Å². The van der Waals surface area contributed by atoms with E-state index in [1.807, 2.05) is 13.0 Å². The molecule has 1 aliphatic rings. The van der Waals surface area contributed by atoms with Crippen LogP contribution in [0.5, 0.6) is 0 Å². The highest BCUT2D eigenvalue weighted by Gasteiger charge is 2.32. The van der Waals surface area contributed by atoms with Gasteiger partial charge in [-0.2, -0.15) is 4.98 Å². The fourth-order valence-corrected chi connectivity index (χ4v) is 3.06. The molecule has 0 saturated carbocycles. The Hall–Kier alpha value is -1.44. The van der Waals surface area contributed by atoms with E-state index in [1.165, 1.54) is 0 Å². The van der Waals surface area contributed by atoms with Crippen molar-refractivity contribution in [3.63, 3.8) is 0 Å². The second kappa shape index (κ2) is 4.59. The number of hydrogen-bond donors (Lipinski definition) is 3. The number of nitrogens with zero attached hydrogens (tertiary/aromatic N) is 2. The van der Waals surface area contributed by atoms with Gasteiger partial charge in [0.25, 0.3) is 0 Å². The van der Waals surface area contributed by atoms with E-state index >= 15 is 0 Å². The number of nitrogens with one attached hydrogen (secondary N) is 1. The summed E-state index contributed by atoms with van der Waals surface area (Å²) in [5.74, 6) is 0.915. The van der Waals surface area contributed by atoms with Crippen molar-refractivity contribution in [1.82, 2.24) is 9.97 Å². The Kier molecular flexibility index (Phi) is 3.04. The summed E-state index contributed by atoms with van der Waals surface area (Å²) in [6.07, 6.45) is 0.631. The first-order valence-corrected chi connectivity index (χ1v) is 6.95. The maximum absolute atomic E-state index is 10.2. The van der Waals surface area contributed by atoms with Crippen LogP contribution < -0.4 is 11.1 Å². The predicted octanol–water partition coefficient (Wildman–Crippen LogP) is 1.15. The van der Waals surface area contributed by atoms with Crippen LogP contribution in [0.4, 0.5) is 11.8 Å². The standard InChI is InChI=1S/C12H16N4O2S/c1-7-4-8-9(15-11(13)16-10(8)19-7)14-5-12(17)2-3-18-6-12/h4,17H,2-3,5-6H2,1H3,(H3,13,14,15,16). The minimum atomic E-state index is -0.822. The molecule has 0 spiro atoms. The highest BCUT2D eigenvalue weighted by molar-refractivity contribution is 7.18. The molecule has 1 unspecified atom stereocenters. The number of fused-ring (bicyclic) bond motifs is 1. The fourth-order valence-electron chi connectivity index (χ4n) is 2.18. The molecule has 6 nitrogen and oxygen atoms in total. The highest BCUT2D eigenvalue weighted by Crippen LogP contribution is 2.29. The SMILES string of the molecule is Cc1cc2c(NCC3(O)CCOC3)nc(N)nc2s1. The third-order valence-corrected chi connectivity index (χ3v) is 4.14. The molecule has 19 heavy (non-hydrogen) atoms. The molecule has 1 atom stereocenters. The zero-order chi connectivity index (χ0) is 13.5. The van der Waals surface area contributed by atoms with E-state index in [4.69, 9.17) is 10.5 Å². The van der Waals surface area contributed by atoms with Gasteiger partial charge in [0, 0.05) is 24.4 Å². The lowest BCUT2D eigenvalue weighted by Gasteiger charge is -2.21. The zero-order valence-electron chi connectivity index (χ0n) is 10.6. The van der Waals surface area contributed by atoms with Gasteiger partial charge >= 0.3 is 0 Å². The lowest BCUT2D eigenvalue weighted by atomic mass is 10.0. The fraction of sp³-hybridized carbons (Fsp3) is 0.500. The quantitative estimate of drug-likeness (QED) is 0.781. The summed E-state index contributed by atoms with van der Waals surface area (Å²) in [7, 11) is 0. The predicted molar refractivity (Wildman–Crippen MR) is 75.4 cm³/mol. The van der Waals surface area contributed by atoms with Crippen molar-refractivity contribution < 1.29 is 9.84 Å². The molecule has 0 amide bonds. The Morgan fingerprint density at radius 3 is 3.16 bits per heavy atom. The third-order valence-electron chi connectivity index (χ3n) is 3.20. The van der Waals surface area contributed by atoms with Crippen LogP contribution in [-0.2, 0) is 4.74 Å². The van der Waals surface area contributed by atoms with E-state index in [0.29, 0.717) is 32.0 Å². The topological polar surface area (TPSA) is 93.3 Å². The minimum absolute atomic E-state index is 0.242. The number of nitrogen functional groups attached to an aromatic ring is 1. The second-order valence-electron chi connectivity index (χ2n) is 4.89. The molecule has 2 aromatic rings. The molecular formula is C12H16N4O2S. The van der Waals surface area contributed by atoms with Crippen molar-refractivity contribution in [3.05, 3.63) is 10.9 Å². The first-order chi connectivity index (χ1) is 9.06. The maximum atomic E-state index is 10.2. The van der Waals surface area contributed by atoms with E-state index in [9.17, 15) is 5.11 Å². The van der Waals surface area contributed by atoms with Gasteiger partial charge in [0.1, 0.15) is 16.2 Å². The molecule has 3 rings (SSSR count). The van der Waals surface area contributed by atoms with Crippen molar-refractivity contribution in [1.29, 1.82) is 0 Å². The summed E-state index contributed by atoms with van der Waals surface area (Å²) in [6.45, 7) is 3.36. The van der Waals surface area contributed by atoms with Gasteiger partial charge in [-0.25, -0.2) is 4.98 Å². The van der Waals surface area contributed by atoms with Gasteiger partial charge in [-0.1, -0.05) is 0 Å². The van der Waals surface area contributed by atoms with Gasteiger partial charge in [0.15, 0.2) is 0 Å². The minimum Gasteiger partial charge on any atom is -0.386 e. The summed E-state index contributed by atoms with van der Waals surface area (Å²) in [6, 6.07) is 2.02. The molecule has 2 aromatic heterocycles. The molecule has 0 aliphatic carbocycles. The van der Waals surface area contributed by atoms with Crippen molar-refractivity contribution >= 4 is 33.3 Å². The van der Waals surface area contributed by atoms with Crippen LogP contribution in [0.3, 0.4) is 0 Å². The summed E-state index contributed by atoms with van der Waals surface area (Å²) >= 11 is 1.58.